The average molecular weight is 170 g/mol. The number of hydrogen-bond acceptors (Lipinski definition) is 1. The summed E-state index contributed by atoms with van der Waals surface area (Å²) in [5.41, 5.74) is 0. The van der Waals surface area contributed by atoms with Gasteiger partial charge in [-0.2, -0.15) is 0 Å². The van der Waals surface area contributed by atoms with Gasteiger partial charge in [0, 0.05) is 0 Å². The predicted octanol–water partition coefficient (Wildman–Crippen LogP) is 2.70. The van der Waals surface area contributed by atoms with Gasteiger partial charge in [0.1, 0.15) is 0 Å². The van der Waals surface area contributed by atoms with Crippen LogP contribution < -0.4 is 0 Å². The molecule has 0 aliphatic heterocycles. The van der Waals surface area contributed by atoms with Crippen molar-refractivity contribution in [3.8, 4) is 0 Å². The first-order chi connectivity index (χ1) is 5.56. The Bertz CT molecular complexity index is 161. The fourth-order valence-electron chi connectivity index (χ4n) is 0.859. The van der Waals surface area contributed by atoms with Gasteiger partial charge in [-0.05, 0) is 11.8 Å². The molecule has 12 heavy (non-hydrogen) atoms. The topological polar surface area (TPSA) is 37.3 Å². The summed E-state index contributed by atoms with van der Waals surface area (Å²) in [4.78, 5) is 10.3. The normalized spacial score (nSPS) is 16.2. The van der Waals surface area contributed by atoms with Crippen LogP contribution in [0.2, 0.25) is 0 Å². The number of hydrogen-bond donors (Lipinski definition) is 1. The van der Waals surface area contributed by atoms with Crippen molar-refractivity contribution in [3.05, 3.63) is 12.2 Å². The molecule has 2 atom stereocenters. The number of carboxylic acids is 1. The minimum Gasteiger partial charge on any atom is -0.481 e. The van der Waals surface area contributed by atoms with Crippen LogP contribution in [0.4, 0.5) is 0 Å². The maximum Gasteiger partial charge on any atom is 0.303 e. The number of carbonyl (C=O) groups is 1. The molecular weight excluding hydrogens is 152 g/mol. The molecule has 0 fully saturated rings. The largest absolute Gasteiger partial charge is 0.481 e. The molecule has 0 aliphatic carbocycles. The van der Waals surface area contributed by atoms with E-state index in [4.69, 9.17) is 5.11 Å². The lowest BCUT2D eigenvalue weighted by molar-refractivity contribution is -0.137. The second-order valence-corrected chi connectivity index (χ2v) is 3.35. The molecule has 0 spiro atoms. The van der Waals surface area contributed by atoms with Gasteiger partial charge in [-0.1, -0.05) is 39.3 Å². The zero-order valence-corrected chi connectivity index (χ0v) is 8.08. The first-order valence-corrected chi connectivity index (χ1v) is 4.46. The van der Waals surface area contributed by atoms with E-state index in [1.54, 1.807) is 0 Å². The molecule has 2 unspecified atom stereocenters. The van der Waals surface area contributed by atoms with Crippen LogP contribution in [0.15, 0.2) is 12.2 Å². The van der Waals surface area contributed by atoms with Crippen molar-refractivity contribution in [2.45, 2.75) is 33.6 Å². The molecule has 0 aromatic heterocycles. The summed E-state index contributed by atoms with van der Waals surface area (Å²) in [6, 6.07) is 0. The Hall–Kier alpha value is -0.790. The van der Waals surface area contributed by atoms with Crippen molar-refractivity contribution in [1.82, 2.24) is 0 Å². The summed E-state index contributed by atoms with van der Waals surface area (Å²) in [5.74, 6) is -0.0194. The Balaban J connectivity index is 3.74. The maximum atomic E-state index is 10.3. The Morgan fingerprint density at radius 1 is 1.33 bits per heavy atom. The summed E-state index contributed by atoms with van der Waals surface area (Å²) < 4.78 is 0. The smallest absolute Gasteiger partial charge is 0.303 e. The van der Waals surface area contributed by atoms with Gasteiger partial charge >= 0.3 is 5.97 Å². The maximum absolute atomic E-state index is 10.3. The van der Waals surface area contributed by atoms with Gasteiger partial charge in [0.15, 0.2) is 0 Å². The van der Waals surface area contributed by atoms with Crippen molar-refractivity contribution in [1.29, 1.82) is 0 Å². The van der Waals surface area contributed by atoms with E-state index in [2.05, 4.69) is 19.9 Å². The van der Waals surface area contributed by atoms with Crippen LogP contribution in [0.3, 0.4) is 0 Å². The van der Waals surface area contributed by atoms with Crippen molar-refractivity contribution < 1.29 is 9.90 Å². The summed E-state index contributed by atoms with van der Waals surface area (Å²) in [7, 11) is 0. The van der Waals surface area contributed by atoms with Crippen molar-refractivity contribution in [2.24, 2.45) is 11.8 Å². The van der Waals surface area contributed by atoms with E-state index >= 15 is 0 Å². The zero-order chi connectivity index (χ0) is 9.56. The van der Waals surface area contributed by atoms with Crippen LogP contribution in [-0.4, -0.2) is 11.1 Å². The van der Waals surface area contributed by atoms with E-state index in [-0.39, 0.29) is 12.3 Å². The molecule has 0 aromatic rings. The third kappa shape index (κ3) is 5.96. The molecule has 0 heterocycles. The highest BCUT2D eigenvalue weighted by atomic mass is 16.4. The first-order valence-electron chi connectivity index (χ1n) is 4.46. The Kier molecular flexibility index (Phi) is 5.43. The van der Waals surface area contributed by atoms with Gasteiger partial charge < -0.3 is 5.11 Å². The van der Waals surface area contributed by atoms with Gasteiger partial charge in [-0.3, -0.25) is 4.79 Å². The molecule has 0 rings (SSSR count). The summed E-state index contributed by atoms with van der Waals surface area (Å²) in [6.45, 7) is 6.17. The van der Waals surface area contributed by atoms with Crippen molar-refractivity contribution >= 4 is 5.97 Å². The minimum absolute atomic E-state index is 0.150. The second kappa shape index (κ2) is 5.81. The molecule has 0 amide bonds. The van der Waals surface area contributed by atoms with E-state index < -0.39 is 5.97 Å². The van der Waals surface area contributed by atoms with Crippen molar-refractivity contribution in [3.63, 3.8) is 0 Å². The lowest BCUT2D eigenvalue weighted by Gasteiger charge is -2.03. The molecule has 1 N–H and O–H groups in total. The first kappa shape index (κ1) is 11.2. The van der Waals surface area contributed by atoms with E-state index in [0.717, 1.165) is 6.42 Å². The summed E-state index contributed by atoms with van der Waals surface area (Å²) >= 11 is 0. The fraction of sp³-hybridized carbons (Fsp3) is 0.700. The highest BCUT2D eigenvalue weighted by molar-refractivity contribution is 5.67. The Morgan fingerprint density at radius 3 is 2.25 bits per heavy atom. The lowest BCUT2D eigenvalue weighted by atomic mass is 10.0. The second-order valence-electron chi connectivity index (χ2n) is 3.35. The molecule has 0 saturated heterocycles. The van der Waals surface area contributed by atoms with Crippen LogP contribution in [-0.2, 0) is 4.79 Å². The van der Waals surface area contributed by atoms with Gasteiger partial charge in [0.05, 0.1) is 6.42 Å². The molecular formula is C10H18O2. The SMILES string of the molecule is CCC(C)C=CC(C)CC(=O)O. The third-order valence-corrected chi connectivity index (χ3v) is 1.91. The fourth-order valence-corrected chi connectivity index (χ4v) is 0.859. The molecule has 0 saturated carbocycles. The van der Waals surface area contributed by atoms with Crippen LogP contribution in [0.1, 0.15) is 33.6 Å². The monoisotopic (exact) mass is 170 g/mol. The minimum atomic E-state index is -0.726. The lowest BCUT2D eigenvalue weighted by Crippen LogP contribution is -2.01. The zero-order valence-electron chi connectivity index (χ0n) is 8.08. The number of rotatable bonds is 5. The van der Waals surface area contributed by atoms with E-state index in [1.165, 1.54) is 0 Å². The van der Waals surface area contributed by atoms with Crippen LogP contribution in [0, 0.1) is 11.8 Å². The highest BCUT2D eigenvalue weighted by Gasteiger charge is 2.03. The van der Waals surface area contributed by atoms with E-state index in [0.29, 0.717) is 5.92 Å². The molecule has 70 valence electrons. The average Bonchev–Trinajstić information content (AvgIpc) is 1.99. The predicted molar refractivity (Wildman–Crippen MR) is 50.0 cm³/mol. The van der Waals surface area contributed by atoms with E-state index in [9.17, 15) is 4.79 Å². The number of allylic oxidation sites excluding steroid dienone is 2. The van der Waals surface area contributed by atoms with Crippen molar-refractivity contribution in [2.75, 3.05) is 0 Å². The molecule has 0 aromatic carbocycles. The van der Waals surface area contributed by atoms with Gasteiger partial charge in [0.25, 0.3) is 0 Å². The van der Waals surface area contributed by atoms with Crippen LogP contribution in [0.5, 0.6) is 0 Å². The Labute approximate surface area is 74.3 Å². The molecule has 0 aliphatic rings. The quantitative estimate of drug-likeness (QED) is 0.644. The molecule has 0 bridgehead atoms. The number of aliphatic carboxylic acids is 1. The molecule has 2 heteroatoms. The third-order valence-electron chi connectivity index (χ3n) is 1.91. The summed E-state index contributed by atoms with van der Waals surface area (Å²) in [5, 5.41) is 8.47. The van der Waals surface area contributed by atoms with Gasteiger partial charge in [-0.15, -0.1) is 0 Å². The van der Waals surface area contributed by atoms with Gasteiger partial charge in [0.2, 0.25) is 0 Å². The van der Waals surface area contributed by atoms with E-state index in [1.807, 2.05) is 13.0 Å². The van der Waals surface area contributed by atoms with Gasteiger partial charge in [-0.25, -0.2) is 0 Å². The number of carboxylic acid groups (broad SMARTS) is 1. The summed E-state index contributed by atoms with van der Waals surface area (Å²) in [6.07, 6.45) is 5.42. The van der Waals surface area contributed by atoms with Crippen LogP contribution >= 0.6 is 0 Å². The Morgan fingerprint density at radius 2 is 1.83 bits per heavy atom. The molecule has 0 radical (unpaired) electrons. The highest BCUT2D eigenvalue weighted by Crippen LogP contribution is 2.08. The van der Waals surface area contributed by atoms with Crippen LogP contribution in [0.25, 0.3) is 0 Å². The standard InChI is InChI=1S/C10H18O2/c1-4-8(2)5-6-9(3)7-10(11)12/h5-6,8-9H,4,7H2,1-3H3,(H,11,12). The molecule has 2 nitrogen and oxygen atoms in total.